The molecule has 0 radical (unpaired) electrons. The van der Waals surface area contributed by atoms with Gasteiger partial charge in [0.15, 0.2) is 17.5 Å². The van der Waals surface area contributed by atoms with Gasteiger partial charge in [0.25, 0.3) is 0 Å². The highest BCUT2D eigenvalue weighted by atomic mass is 15.0. The second-order valence-electron chi connectivity index (χ2n) is 11.7. The van der Waals surface area contributed by atoms with Crippen molar-refractivity contribution >= 4 is 0 Å². The third-order valence-electron chi connectivity index (χ3n) is 8.59. The fraction of sp³-hybridized carbons (Fsp3) is 0. The SMILES string of the molecule is c1ccc(-c2ccc(-c3nc(-c4ccccc4)nc(-c4cccc(-c5ccc(-c6ccccc6)cc5)c4-c4ccccc4)n3)cc2)cc1. The zero-order chi connectivity index (χ0) is 32.1. The van der Waals surface area contributed by atoms with E-state index in [4.69, 9.17) is 15.0 Å². The summed E-state index contributed by atoms with van der Waals surface area (Å²) in [6.45, 7) is 0. The van der Waals surface area contributed by atoms with Crippen molar-refractivity contribution in [3.8, 4) is 78.7 Å². The first kappa shape index (κ1) is 29.0. The van der Waals surface area contributed by atoms with Gasteiger partial charge in [0.2, 0.25) is 0 Å². The van der Waals surface area contributed by atoms with Crippen LogP contribution in [-0.4, -0.2) is 15.0 Å². The van der Waals surface area contributed by atoms with E-state index in [-0.39, 0.29) is 0 Å². The second kappa shape index (κ2) is 13.1. The van der Waals surface area contributed by atoms with Crippen LogP contribution in [0.25, 0.3) is 78.7 Å². The van der Waals surface area contributed by atoms with E-state index in [0.717, 1.165) is 44.5 Å². The molecule has 8 aromatic rings. The topological polar surface area (TPSA) is 38.7 Å². The molecule has 0 aliphatic heterocycles. The van der Waals surface area contributed by atoms with Gasteiger partial charge in [-0.2, -0.15) is 0 Å². The van der Waals surface area contributed by atoms with Crippen molar-refractivity contribution in [1.82, 2.24) is 15.0 Å². The average Bonchev–Trinajstić information content (AvgIpc) is 3.19. The quantitative estimate of drug-likeness (QED) is 0.179. The Morgan fingerprint density at radius 3 is 1.04 bits per heavy atom. The van der Waals surface area contributed by atoms with Gasteiger partial charge in [0, 0.05) is 22.3 Å². The summed E-state index contributed by atoms with van der Waals surface area (Å²) in [4.78, 5) is 15.3. The molecule has 0 aliphatic rings. The van der Waals surface area contributed by atoms with Crippen LogP contribution in [0.1, 0.15) is 0 Å². The predicted octanol–water partition coefficient (Wildman–Crippen LogP) is 11.5. The molecule has 0 spiro atoms. The lowest BCUT2D eigenvalue weighted by atomic mass is 9.89. The molecule has 0 saturated carbocycles. The van der Waals surface area contributed by atoms with Crippen molar-refractivity contribution in [2.24, 2.45) is 0 Å². The first-order chi connectivity index (χ1) is 23.8. The maximum atomic E-state index is 5.15. The molecule has 0 N–H and O–H groups in total. The third-order valence-corrected chi connectivity index (χ3v) is 8.59. The van der Waals surface area contributed by atoms with E-state index in [1.54, 1.807) is 0 Å². The van der Waals surface area contributed by atoms with Crippen LogP contribution in [-0.2, 0) is 0 Å². The smallest absolute Gasteiger partial charge is 0.164 e. The van der Waals surface area contributed by atoms with Gasteiger partial charge in [0.1, 0.15) is 0 Å². The highest BCUT2D eigenvalue weighted by molar-refractivity contribution is 5.93. The Kier molecular flexibility index (Phi) is 7.92. The van der Waals surface area contributed by atoms with E-state index < -0.39 is 0 Å². The number of hydrogen-bond donors (Lipinski definition) is 0. The minimum Gasteiger partial charge on any atom is -0.208 e. The van der Waals surface area contributed by atoms with Crippen molar-refractivity contribution < 1.29 is 0 Å². The van der Waals surface area contributed by atoms with Crippen LogP contribution in [0, 0.1) is 0 Å². The maximum absolute atomic E-state index is 5.15. The lowest BCUT2D eigenvalue weighted by Crippen LogP contribution is -2.01. The Morgan fingerprint density at radius 1 is 0.208 bits per heavy atom. The molecule has 48 heavy (non-hydrogen) atoms. The number of rotatable bonds is 7. The van der Waals surface area contributed by atoms with Crippen LogP contribution in [0.3, 0.4) is 0 Å². The summed E-state index contributed by atoms with van der Waals surface area (Å²) in [6, 6.07) is 65.2. The average molecular weight is 614 g/mol. The molecule has 0 saturated heterocycles. The Hall–Kier alpha value is -6.45. The summed E-state index contributed by atoms with van der Waals surface area (Å²) in [5, 5.41) is 0. The lowest BCUT2D eigenvalue weighted by Gasteiger charge is -2.17. The highest BCUT2D eigenvalue weighted by Crippen LogP contribution is 2.40. The van der Waals surface area contributed by atoms with Gasteiger partial charge in [-0.1, -0.05) is 188 Å². The van der Waals surface area contributed by atoms with Gasteiger partial charge < -0.3 is 0 Å². The van der Waals surface area contributed by atoms with Crippen LogP contribution < -0.4 is 0 Å². The zero-order valence-corrected chi connectivity index (χ0v) is 26.2. The summed E-state index contributed by atoms with van der Waals surface area (Å²) in [7, 11) is 0. The normalized spacial score (nSPS) is 10.9. The Balaban J connectivity index is 1.29. The summed E-state index contributed by atoms with van der Waals surface area (Å²) in [5.74, 6) is 1.90. The molecule has 1 aromatic heterocycles. The maximum Gasteiger partial charge on any atom is 0.164 e. The van der Waals surface area contributed by atoms with Gasteiger partial charge in [-0.25, -0.2) is 15.0 Å². The van der Waals surface area contributed by atoms with E-state index in [1.165, 1.54) is 16.7 Å². The zero-order valence-electron chi connectivity index (χ0n) is 26.2. The second-order valence-corrected chi connectivity index (χ2v) is 11.7. The molecule has 8 rings (SSSR count). The monoisotopic (exact) mass is 613 g/mol. The molecule has 0 bridgehead atoms. The van der Waals surface area contributed by atoms with Crippen LogP contribution in [0.4, 0.5) is 0 Å². The first-order valence-corrected chi connectivity index (χ1v) is 16.1. The summed E-state index contributed by atoms with van der Waals surface area (Å²) >= 11 is 0. The Labute approximate surface area is 280 Å². The Bertz CT molecular complexity index is 2280. The first-order valence-electron chi connectivity index (χ1n) is 16.1. The number of benzene rings is 7. The van der Waals surface area contributed by atoms with Gasteiger partial charge in [-0.15, -0.1) is 0 Å². The van der Waals surface area contributed by atoms with Gasteiger partial charge in [-0.3, -0.25) is 0 Å². The van der Waals surface area contributed by atoms with Crippen molar-refractivity contribution in [3.63, 3.8) is 0 Å². The molecule has 7 aromatic carbocycles. The minimum atomic E-state index is 0.632. The molecule has 0 amide bonds. The van der Waals surface area contributed by atoms with Crippen LogP contribution in [0.5, 0.6) is 0 Å². The molecule has 1 heterocycles. The summed E-state index contributed by atoms with van der Waals surface area (Å²) in [5.41, 5.74) is 12.0. The van der Waals surface area contributed by atoms with Crippen LogP contribution >= 0.6 is 0 Å². The van der Waals surface area contributed by atoms with Crippen molar-refractivity contribution in [3.05, 3.63) is 188 Å². The molecular formula is C45H31N3. The fourth-order valence-electron chi connectivity index (χ4n) is 6.15. The van der Waals surface area contributed by atoms with E-state index in [0.29, 0.717) is 17.5 Å². The van der Waals surface area contributed by atoms with E-state index >= 15 is 0 Å². The molecular weight excluding hydrogens is 583 g/mol. The largest absolute Gasteiger partial charge is 0.208 e. The number of aromatic nitrogens is 3. The van der Waals surface area contributed by atoms with Gasteiger partial charge in [-0.05, 0) is 38.9 Å². The van der Waals surface area contributed by atoms with Gasteiger partial charge >= 0.3 is 0 Å². The molecule has 0 fully saturated rings. The lowest BCUT2D eigenvalue weighted by molar-refractivity contribution is 1.07. The molecule has 226 valence electrons. The molecule has 0 atom stereocenters. The fourth-order valence-corrected chi connectivity index (χ4v) is 6.15. The Morgan fingerprint density at radius 2 is 0.542 bits per heavy atom. The van der Waals surface area contributed by atoms with Crippen molar-refractivity contribution in [2.75, 3.05) is 0 Å². The van der Waals surface area contributed by atoms with Crippen LogP contribution in [0.15, 0.2) is 188 Å². The third kappa shape index (κ3) is 5.93. The number of hydrogen-bond acceptors (Lipinski definition) is 3. The standard InChI is InChI=1S/C45H31N3/c1-5-14-32(15-6-1)34-24-28-36(29-25-34)40-22-13-23-41(42(40)37-18-9-3-10-19-37)45-47-43(38-20-11-4-12-21-38)46-44(48-45)39-30-26-35(27-31-39)33-16-7-2-8-17-33/h1-31H. The molecule has 0 unspecified atom stereocenters. The predicted molar refractivity (Wildman–Crippen MR) is 198 cm³/mol. The summed E-state index contributed by atoms with van der Waals surface area (Å²) < 4.78 is 0. The van der Waals surface area contributed by atoms with Gasteiger partial charge in [0.05, 0.1) is 0 Å². The van der Waals surface area contributed by atoms with E-state index in [9.17, 15) is 0 Å². The van der Waals surface area contributed by atoms with Crippen molar-refractivity contribution in [2.45, 2.75) is 0 Å². The summed E-state index contributed by atoms with van der Waals surface area (Å²) in [6.07, 6.45) is 0. The molecule has 0 aliphatic carbocycles. The minimum absolute atomic E-state index is 0.632. The number of nitrogens with zero attached hydrogens (tertiary/aromatic N) is 3. The van der Waals surface area contributed by atoms with Crippen LogP contribution in [0.2, 0.25) is 0 Å². The van der Waals surface area contributed by atoms with E-state index in [2.05, 4.69) is 140 Å². The van der Waals surface area contributed by atoms with E-state index in [1.807, 2.05) is 48.5 Å². The molecule has 3 nitrogen and oxygen atoms in total. The molecule has 3 heteroatoms. The van der Waals surface area contributed by atoms with Crippen molar-refractivity contribution in [1.29, 1.82) is 0 Å². The highest BCUT2D eigenvalue weighted by Gasteiger charge is 2.19.